The lowest BCUT2D eigenvalue weighted by atomic mass is 10.1. The molecule has 20 heavy (non-hydrogen) atoms. The number of sulfonamides is 1. The zero-order valence-electron chi connectivity index (χ0n) is 11.6. The van der Waals surface area contributed by atoms with Gasteiger partial charge in [0.1, 0.15) is 0 Å². The lowest BCUT2D eigenvalue weighted by Crippen LogP contribution is -2.29. The zero-order valence-corrected chi connectivity index (χ0v) is 12.4. The first-order valence-corrected chi connectivity index (χ1v) is 8.34. The van der Waals surface area contributed by atoms with Gasteiger partial charge in [-0.25, -0.2) is 13.6 Å². The fraction of sp³-hybridized carbons (Fsp3) is 0.500. The van der Waals surface area contributed by atoms with Crippen LogP contribution in [0.3, 0.4) is 0 Å². The molecular formula is C14H20N2O3S. The third-order valence-corrected chi connectivity index (χ3v) is 4.71. The van der Waals surface area contributed by atoms with Crippen LogP contribution in [0.1, 0.15) is 41.6 Å². The summed E-state index contributed by atoms with van der Waals surface area (Å²) < 4.78 is 22.5. The van der Waals surface area contributed by atoms with Gasteiger partial charge < -0.3 is 5.32 Å². The summed E-state index contributed by atoms with van der Waals surface area (Å²) in [7, 11) is -3.72. The van der Waals surface area contributed by atoms with E-state index in [-0.39, 0.29) is 10.8 Å². The Morgan fingerprint density at radius 2 is 2.00 bits per heavy atom. The quantitative estimate of drug-likeness (QED) is 0.883. The highest BCUT2D eigenvalue weighted by molar-refractivity contribution is 7.89. The molecule has 0 atom stereocenters. The monoisotopic (exact) mass is 296 g/mol. The minimum atomic E-state index is -3.72. The average molecular weight is 296 g/mol. The van der Waals surface area contributed by atoms with E-state index >= 15 is 0 Å². The molecule has 0 heterocycles. The summed E-state index contributed by atoms with van der Waals surface area (Å²) in [6, 6.07) is 4.31. The largest absolute Gasteiger partial charge is 0.352 e. The molecule has 1 saturated carbocycles. The second-order valence-electron chi connectivity index (χ2n) is 5.38. The zero-order chi connectivity index (χ0) is 14.8. The molecule has 0 aliphatic heterocycles. The van der Waals surface area contributed by atoms with Gasteiger partial charge in [-0.2, -0.15) is 0 Å². The normalized spacial score (nSPS) is 16.3. The van der Waals surface area contributed by atoms with Crippen molar-refractivity contribution in [2.24, 2.45) is 11.1 Å². The van der Waals surface area contributed by atoms with Crippen LogP contribution in [0, 0.1) is 12.8 Å². The predicted octanol–water partition coefficient (Wildman–Crippen LogP) is 1.56. The number of primary sulfonamides is 1. The number of nitrogens with one attached hydrogen (secondary N) is 1. The standard InChI is InChI=1S/C14H20N2O3S/c1-10-8-12(20(15,18)19)6-7-13(10)14(17)16-9-11-4-2-3-5-11/h6-8,11H,2-5,9H2,1H3,(H,16,17)(H2,15,18,19). The number of rotatable bonds is 4. The number of nitrogens with two attached hydrogens (primary N) is 1. The van der Waals surface area contributed by atoms with Crippen LogP contribution in [0.25, 0.3) is 0 Å². The van der Waals surface area contributed by atoms with Gasteiger partial charge in [-0.1, -0.05) is 12.8 Å². The average Bonchev–Trinajstić information content (AvgIpc) is 2.87. The molecule has 1 fully saturated rings. The van der Waals surface area contributed by atoms with E-state index in [1.165, 1.54) is 43.9 Å². The van der Waals surface area contributed by atoms with E-state index in [2.05, 4.69) is 5.32 Å². The number of hydrogen-bond acceptors (Lipinski definition) is 3. The van der Waals surface area contributed by atoms with Gasteiger partial charge in [0.25, 0.3) is 5.91 Å². The van der Waals surface area contributed by atoms with E-state index in [9.17, 15) is 13.2 Å². The summed E-state index contributed by atoms with van der Waals surface area (Å²) in [6.07, 6.45) is 4.82. The van der Waals surface area contributed by atoms with Crippen LogP contribution < -0.4 is 10.5 Å². The molecule has 0 radical (unpaired) electrons. The Kier molecular flexibility index (Phi) is 4.45. The number of amides is 1. The lowest BCUT2D eigenvalue weighted by molar-refractivity contribution is 0.0946. The van der Waals surface area contributed by atoms with Crippen LogP contribution >= 0.6 is 0 Å². The topological polar surface area (TPSA) is 89.3 Å². The van der Waals surface area contributed by atoms with E-state index in [1.54, 1.807) is 6.92 Å². The van der Waals surface area contributed by atoms with E-state index in [0.717, 1.165) is 0 Å². The second-order valence-corrected chi connectivity index (χ2v) is 6.94. The number of benzene rings is 1. The summed E-state index contributed by atoms with van der Waals surface area (Å²) in [4.78, 5) is 12.1. The summed E-state index contributed by atoms with van der Waals surface area (Å²) in [5, 5.41) is 7.99. The fourth-order valence-electron chi connectivity index (χ4n) is 2.61. The molecule has 1 amide bonds. The third-order valence-electron chi connectivity index (χ3n) is 3.80. The Bertz CT molecular complexity index is 605. The van der Waals surface area contributed by atoms with Gasteiger partial charge in [0, 0.05) is 12.1 Å². The highest BCUT2D eigenvalue weighted by Gasteiger charge is 2.17. The van der Waals surface area contributed by atoms with Crippen LogP contribution in [-0.2, 0) is 10.0 Å². The van der Waals surface area contributed by atoms with Gasteiger partial charge in [-0.15, -0.1) is 0 Å². The van der Waals surface area contributed by atoms with Crippen molar-refractivity contribution in [1.82, 2.24) is 5.32 Å². The van der Waals surface area contributed by atoms with Gasteiger partial charge in [-0.3, -0.25) is 4.79 Å². The summed E-state index contributed by atoms with van der Waals surface area (Å²) in [5.41, 5.74) is 1.11. The van der Waals surface area contributed by atoms with E-state index < -0.39 is 10.0 Å². The molecule has 0 bridgehead atoms. The first-order valence-electron chi connectivity index (χ1n) is 6.79. The van der Waals surface area contributed by atoms with E-state index in [1.807, 2.05) is 0 Å². The van der Waals surface area contributed by atoms with Crippen LogP contribution in [0.2, 0.25) is 0 Å². The Labute approximate surface area is 119 Å². The minimum Gasteiger partial charge on any atom is -0.352 e. The summed E-state index contributed by atoms with van der Waals surface area (Å²) in [5.74, 6) is 0.415. The maximum Gasteiger partial charge on any atom is 0.251 e. The highest BCUT2D eigenvalue weighted by atomic mass is 32.2. The molecule has 1 aliphatic rings. The molecule has 0 saturated heterocycles. The smallest absolute Gasteiger partial charge is 0.251 e. The molecule has 0 unspecified atom stereocenters. The molecule has 3 N–H and O–H groups in total. The van der Waals surface area contributed by atoms with Gasteiger partial charge in [0.2, 0.25) is 10.0 Å². The number of aryl methyl sites for hydroxylation is 1. The van der Waals surface area contributed by atoms with Crippen molar-refractivity contribution in [1.29, 1.82) is 0 Å². The molecule has 1 aliphatic carbocycles. The molecule has 0 spiro atoms. The number of carbonyl (C=O) groups excluding carboxylic acids is 1. The van der Waals surface area contributed by atoms with Crippen molar-refractivity contribution in [3.63, 3.8) is 0 Å². The van der Waals surface area contributed by atoms with Crippen LogP contribution in [-0.4, -0.2) is 20.9 Å². The Balaban J connectivity index is 2.06. The van der Waals surface area contributed by atoms with Gasteiger partial charge >= 0.3 is 0 Å². The van der Waals surface area contributed by atoms with Gasteiger partial charge in [0.15, 0.2) is 0 Å². The summed E-state index contributed by atoms with van der Waals surface area (Å²) in [6.45, 7) is 2.40. The van der Waals surface area contributed by atoms with Crippen molar-refractivity contribution in [2.75, 3.05) is 6.54 Å². The second kappa shape index (κ2) is 5.93. The van der Waals surface area contributed by atoms with Crippen LogP contribution in [0.5, 0.6) is 0 Å². The van der Waals surface area contributed by atoms with Crippen LogP contribution in [0.15, 0.2) is 23.1 Å². The molecule has 5 nitrogen and oxygen atoms in total. The molecule has 6 heteroatoms. The van der Waals surface area contributed by atoms with Gasteiger partial charge in [-0.05, 0) is 49.4 Å². The molecule has 1 aromatic carbocycles. The molecule has 2 rings (SSSR count). The first kappa shape index (κ1) is 15.0. The van der Waals surface area contributed by atoms with Crippen LogP contribution in [0.4, 0.5) is 0 Å². The van der Waals surface area contributed by atoms with E-state index in [0.29, 0.717) is 23.6 Å². The molecule has 0 aromatic heterocycles. The number of carbonyl (C=O) groups is 1. The Morgan fingerprint density at radius 1 is 1.35 bits per heavy atom. The Hall–Kier alpha value is -1.40. The molecular weight excluding hydrogens is 276 g/mol. The van der Waals surface area contributed by atoms with Crippen molar-refractivity contribution < 1.29 is 13.2 Å². The van der Waals surface area contributed by atoms with Crippen molar-refractivity contribution in [2.45, 2.75) is 37.5 Å². The maximum absolute atomic E-state index is 12.1. The molecule has 110 valence electrons. The first-order chi connectivity index (χ1) is 9.38. The summed E-state index contributed by atoms with van der Waals surface area (Å²) >= 11 is 0. The maximum atomic E-state index is 12.1. The predicted molar refractivity (Wildman–Crippen MR) is 76.8 cm³/mol. The van der Waals surface area contributed by atoms with Gasteiger partial charge in [0.05, 0.1) is 4.90 Å². The lowest BCUT2D eigenvalue weighted by Gasteiger charge is -2.12. The SMILES string of the molecule is Cc1cc(S(N)(=O)=O)ccc1C(=O)NCC1CCCC1. The minimum absolute atomic E-state index is 0.0299. The molecule has 1 aromatic rings. The van der Waals surface area contributed by atoms with Crippen molar-refractivity contribution in [3.8, 4) is 0 Å². The number of hydrogen-bond donors (Lipinski definition) is 2. The highest BCUT2D eigenvalue weighted by Crippen LogP contribution is 2.24. The fourth-order valence-corrected chi connectivity index (χ4v) is 3.21. The van der Waals surface area contributed by atoms with Crippen molar-refractivity contribution in [3.05, 3.63) is 29.3 Å². The van der Waals surface area contributed by atoms with Crippen molar-refractivity contribution >= 4 is 15.9 Å². The van der Waals surface area contributed by atoms with E-state index in [4.69, 9.17) is 5.14 Å². The third kappa shape index (κ3) is 3.58. The Morgan fingerprint density at radius 3 is 2.55 bits per heavy atom.